The average molecular weight is 1260 g/mol. The molecule has 0 N–H and O–H groups in total. The van der Waals surface area contributed by atoms with E-state index in [0.29, 0.717) is 22.8 Å². The summed E-state index contributed by atoms with van der Waals surface area (Å²) in [5.74, 6) is 3.17. The molecule has 0 amide bonds. The molecule has 7 heteroatoms. The summed E-state index contributed by atoms with van der Waals surface area (Å²) in [6.07, 6.45) is 1.55. The molecule has 4 heterocycles. The van der Waals surface area contributed by atoms with Gasteiger partial charge >= 0.3 is 0 Å². The Morgan fingerprint density at radius 3 is 1.88 bits per heavy atom. The number of fused-ring (bicyclic) bond motifs is 13. The number of aryl methyl sites for hydroxylation is 1. The van der Waals surface area contributed by atoms with E-state index in [-0.39, 0.29) is 37.5 Å². The monoisotopic (exact) mass is 1260 g/mol. The van der Waals surface area contributed by atoms with Gasteiger partial charge in [-0.05, 0) is 116 Å². The van der Waals surface area contributed by atoms with Crippen LogP contribution in [0.25, 0.3) is 61.0 Å². The van der Waals surface area contributed by atoms with Gasteiger partial charge in [0, 0.05) is 87.7 Å². The molecule has 10 aromatic carbocycles. The predicted octanol–water partition coefficient (Wildman–Crippen LogP) is 19.7. The van der Waals surface area contributed by atoms with Gasteiger partial charge in [-0.1, -0.05) is 193 Å². The first-order valence-corrected chi connectivity index (χ1v) is 28.1. The molecule has 6 nitrogen and oxygen atoms in total. The fraction of sp³-hybridized carbons (Fsp3) is 0.132. The van der Waals surface area contributed by atoms with Crippen LogP contribution in [-0.2, 0) is 37.3 Å². The smallest absolute Gasteiger partial charge is 0.135 e. The molecule has 408 valence electrons. The minimum Gasteiger partial charge on any atom is -0.509 e. The SMILES string of the molecule is [2H]C([2H])([2H])c1ccnc(-n2c3[c-]c(Oc4[c-]c(N5[CH-]N(c6c(-c7cc(C(C)(C)C)cc(C(C)(C)C)c7)cccc6-c6cccc7c6-c6ccccc6C76c7ccccc7Oc7ccccc76)c6ccccc65)ccc4)ccc3c3ccccc32)c1.[Pt]. The first-order chi connectivity index (χ1) is 41.0. The van der Waals surface area contributed by atoms with Crippen LogP contribution in [0.4, 0.5) is 22.7 Å². The molecule has 0 radical (unpaired) electrons. The van der Waals surface area contributed by atoms with Gasteiger partial charge in [0.05, 0.1) is 5.41 Å². The van der Waals surface area contributed by atoms with Crippen molar-refractivity contribution in [3.63, 3.8) is 0 Å². The maximum Gasteiger partial charge on any atom is 0.135 e. The summed E-state index contributed by atoms with van der Waals surface area (Å²) in [4.78, 5) is 9.26. The molecule has 0 atom stereocenters. The minimum atomic E-state index is -2.30. The van der Waals surface area contributed by atoms with Crippen LogP contribution in [0.1, 0.15) is 84.6 Å². The molecule has 15 rings (SSSR count). The quantitative estimate of drug-likeness (QED) is 0.149. The van der Waals surface area contributed by atoms with Crippen molar-refractivity contribution in [2.45, 2.75) is 64.6 Å². The van der Waals surface area contributed by atoms with Crippen molar-refractivity contribution in [1.82, 2.24) is 9.55 Å². The molecule has 0 saturated carbocycles. The molecule has 0 fully saturated rings. The molecule has 0 saturated heterocycles. The Hall–Kier alpha value is -8.96. The second-order valence-electron chi connectivity index (χ2n) is 23.8. The molecule has 2 aromatic heterocycles. The second kappa shape index (κ2) is 19.6. The van der Waals surface area contributed by atoms with Gasteiger partial charge in [-0.3, -0.25) is 0 Å². The Morgan fingerprint density at radius 2 is 1.13 bits per heavy atom. The van der Waals surface area contributed by atoms with Crippen molar-refractivity contribution in [3.8, 4) is 62.2 Å². The van der Waals surface area contributed by atoms with Gasteiger partial charge in [-0.2, -0.15) is 12.1 Å². The molecule has 83 heavy (non-hydrogen) atoms. The zero-order valence-corrected chi connectivity index (χ0v) is 49.1. The Morgan fingerprint density at radius 1 is 0.530 bits per heavy atom. The van der Waals surface area contributed by atoms with E-state index in [9.17, 15) is 0 Å². The van der Waals surface area contributed by atoms with Crippen LogP contribution in [-0.4, -0.2) is 9.55 Å². The summed E-state index contributed by atoms with van der Waals surface area (Å²) in [6.45, 7) is 13.7. The minimum absolute atomic E-state index is 0. The zero-order valence-electron chi connectivity index (χ0n) is 49.9. The molecule has 1 spiro atoms. The standard InChI is InChI=1S/C76H59N4O2.Pt/c1-48-39-40-77-71(41-48)80-65-32-13-9-23-56(65)57-38-37-54(46-68(57)80)81-53-22-18-21-52(45-53)78-47-79(67-34-15-14-33-66(67)78)73-55(49-42-50(74(2,3)4)44-51(43-49)75(5,6)7)25-19-27-59(73)58-26-20-31-64-72(58)60-24-8-10-28-61(60)76(64)62-29-11-16-35-69(62)82-70-36-17-12-30-63(70)76;/h8-44,47H,1-7H3;/q-3;/i1D3;. The Bertz CT molecular complexity index is 4630. The number of hydrogen-bond acceptors (Lipinski definition) is 5. The molecular weight excluding hydrogens is 1200 g/mol. The van der Waals surface area contributed by atoms with Gasteiger partial charge in [0.2, 0.25) is 0 Å². The summed E-state index contributed by atoms with van der Waals surface area (Å²) in [5.41, 5.74) is 18.8. The fourth-order valence-corrected chi connectivity index (χ4v) is 13.0. The van der Waals surface area contributed by atoms with Crippen LogP contribution in [0.5, 0.6) is 23.0 Å². The first kappa shape index (κ1) is 48.7. The third kappa shape index (κ3) is 8.28. The topological polar surface area (TPSA) is 42.8 Å². The number of hydrogen-bond donors (Lipinski definition) is 0. The predicted molar refractivity (Wildman–Crippen MR) is 335 cm³/mol. The molecule has 0 unspecified atom stereocenters. The largest absolute Gasteiger partial charge is 0.509 e. The van der Waals surface area contributed by atoms with Crippen LogP contribution in [0.15, 0.2) is 225 Å². The average Bonchev–Trinajstić information content (AvgIpc) is 1.49. The van der Waals surface area contributed by atoms with E-state index in [2.05, 4.69) is 239 Å². The Balaban J connectivity index is 0.00000653. The summed E-state index contributed by atoms with van der Waals surface area (Å²) in [6, 6.07) is 83.9. The van der Waals surface area contributed by atoms with Crippen molar-refractivity contribution in [1.29, 1.82) is 0 Å². The van der Waals surface area contributed by atoms with Gasteiger partial charge < -0.3 is 23.8 Å². The van der Waals surface area contributed by atoms with Gasteiger partial charge in [0.15, 0.2) is 0 Å². The molecule has 12 aromatic rings. The van der Waals surface area contributed by atoms with E-state index >= 15 is 0 Å². The van der Waals surface area contributed by atoms with Crippen LogP contribution in [0, 0.1) is 25.7 Å². The summed E-state index contributed by atoms with van der Waals surface area (Å²) < 4.78 is 40.0. The maximum absolute atomic E-state index is 8.16. The summed E-state index contributed by atoms with van der Waals surface area (Å²) >= 11 is 0. The van der Waals surface area contributed by atoms with Crippen molar-refractivity contribution in [2.75, 3.05) is 9.80 Å². The number of pyridine rings is 1. The van der Waals surface area contributed by atoms with Crippen molar-refractivity contribution in [2.24, 2.45) is 0 Å². The van der Waals surface area contributed by atoms with E-state index in [1.54, 1.807) is 18.3 Å². The number of ether oxygens (including phenoxy) is 2. The number of anilines is 4. The third-order valence-corrected chi connectivity index (χ3v) is 16.8. The van der Waals surface area contributed by atoms with Crippen molar-refractivity contribution in [3.05, 3.63) is 282 Å². The maximum atomic E-state index is 8.16. The summed E-state index contributed by atoms with van der Waals surface area (Å²) in [7, 11) is 0. The normalized spacial score (nSPS) is 14.4. The van der Waals surface area contributed by atoms with Crippen molar-refractivity contribution < 1.29 is 34.7 Å². The van der Waals surface area contributed by atoms with Gasteiger partial charge in [0.25, 0.3) is 0 Å². The van der Waals surface area contributed by atoms with Gasteiger partial charge in [-0.15, -0.1) is 48.1 Å². The second-order valence-corrected chi connectivity index (χ2v) is 23.8. The molecule has 1 aliphatic carbocycles. The number of para-hydroxylation sites is 6. The van der Waals surface area contributed by atoms with E-state index in [1.807, 2.05) is 47.0 Å². The van der Waals surface area contributed by atoms with E-state index < -0.39 is 12.3 Å². The van der Waals surface area contributed by atoms with Gasteiger partial charge in [0.1, 0.15) is 17.3 Å². The molecule has 0 bridgehead atoms. The van der Waals surface area contributed by atoms with Crippen LogP contribution < -0.4 is 19.3 Å². The Labute approximate surface area is 504 Å². The summed E-state index contributed by atoms with van der Waals surface area (Å²) in [5, 5.41) is 1.93. The van der Waals surface area contributed by atoms with Gasteiger partial charge in [-0.25, -0.2) is 4.98 Å². The first-order valence-electron chi connectivity index (χ1n) is 29.6. The van der Waals surface area contributed by atoms with Crippen molar-refractivity contribution >= 4 is 44.6 Å². The Kier molecular flexibility index (Phi) is 11.5. The number of nitrogens with zero attached hydrogens (tertiary/aromatic N) is 4. The molecular formula is C76H59N4O2Pt-3. The van der Waals surface area contributed by atoms with E-state index in [1.165, 1.54) is 33.4 Å². The number of aromatic nitrogens is 2. The number of benzene rings is 10. The van der Waals surface area contributed by atoms with E-state index in [4.69, 9.17) is 13.6 Å². The van der Waals surface area contributed by atoms with E-state index in [0.717, 1.165) is 83.9 Å². The molecule has 2 aliphatic heterocycles. The third-order valence-electron chi connectivity index (χ3n) is 16.8. The zero-order chi connectivity index (χ0) is 58.1. The van der Waals surface area contributed by atoms with Crippen LogP contribution in [0.2, 0.25) is 0 Å². The fourth-order valence-electron chi connectivity index (χ4n) is 13.0. The number of rotatable bonds is 7. The van der Waals surface area contributed by atoms with Crippen LogP contribution >= 0.6 is 0 Å². The van der Waals surface area contributed by atoms with Crippen LogP contribution in [0.3, 0.4) is 0 Å². The molecule has 3 aliphatic rings.